The summed E-state index contributed by atoms with van der Waals surface area (Å²) in [7, 11) is 1.17. The van der Waals surface area contributed by atoms with E-state index in [-0.39, 0.29) is 16.7 Å². The van der Waals surface area contributed by atoms with E-state index >= 15 is 0 Å². The Morgan fingerprint density at radius 3 is 2.33 bits per heavy atom. The molecule has 24 heavy (non-hydrogen) atoms. The number of rotatable bonds is 2. The van der Waals surface area contributed by atoms with Crippen LogP contribution in [0.15, 0.2) is 18.3 Å². The van der Waals surface area contributed by atoms with Crippen LogP contribution in [-0.2, 0) is 10.9 Å². The normalized spacial score (nSPS) is 12.3. The highest BCUT2D eigenvalue weighted by Gasteiger charge is 2.37. The predicted molar refractivity (Wildman–Crippen MR) is 80.5 cm³/mol. The predicted octanol–water partition coefficient (Wildman–Crippen LogP) is 4.26. The number of methoxy groups -OCH3 is 1. The molecule has 2 rings (SSSR count). The molecule has 1 heterocycles. The monoisotopic (exact) mass is 343 g/mol. The van der Waals surface area contributed by atoms with E-state index in [1.807, 2.05) is 0 Å². The van der Waals surface area contributed by atoms with Crippen molar-refractivity contribution < 1.29 is 32.2 Å². The first-order valence-electron chi connectivity index (χ1n) is 6.97. The van der Waals surface area contributed by atoms with Crippen LogP contribution in [0.3, 0.4) is 0 Å². The number of hydrogen-bond acceptors (Lipinski definition) is 4. The van der Waals surface area contributed by atoms with E-state index in [0.29, 0.717) is 12.4 Å². The SMILES string of the molecule is COc1cc(C(F)(F)F)c2c(ccn2C(=O)OC(C)(C)C)c1C=O. The zero-order chi connectivity index (χ0) is 18.3. The molecule has 0 bridgehead atoms. The highest BCUT2D eigenvalue weighted by molar-refractivity contribution is 6.04. The van der Waals surface area contributed by atoms with Crippen LogP contribution >= 0.6 is 0 Å². The maximum atomic E-state index is 13.4. The number of carbonyl (C=O) groups is 2. The molecule has 0 amide bonds. The fraction of sp³-hybridized carbons (Fsp3) is 0.375. The summed E-state index contributed by atoms with van der Waals surface area (Å²) in [6.07, 6.45) is -4.18. The zero-order valence-electron chi connectivity index (χ0n) is 13.5. The molecule has 0 N–H and O–H groups in total. The van der Waals surface area contributed by atoms with Crippen molar-refractivity contribution in [3.63, 3.8) is 0 Å². The summed E-state index contributed by atoms with van der Waals surface area (Å²) in [5, 5.41) is -0.0393. The third-order valence-corrected chi connectivity index (χ3v) is 3.21. The van der Waals surface area contributed by atoms with Gasteiger partial charge in [-0.25, -0.2) is 4.79 Å². The van der Waals surface area contributed by atoms with Gasteiger partial charge in [0.05, 0.1) is 23.8 Å². The van der Waals surface area contributed by atoms with Crippen LogP contribution in [0.25, 0.3) is 10.9 Å². The fourth-order valence-electron chi connectivity index (χ4n) is 2.30. The van der Waals surface area contributed by atoms with Gasteiger partial charge in [-0.2, -0.15) is 13.2 Å². The van der Waals surface area contributed by atoms with Crippen LogP contribution in [0.2, 0.25) is 0 Å². The van der Waals surface area contributed by atoms with Gasteiger partial charge in [0.25, 0.3) is 0 Å². The number of benzene rings is 1. The average Bonchev–Trinajstić information content (AvgIpc) is 2.86. The van der Waals surface area contributed by atoms with Gasteiger partial charge in [0, 0.05) is 11.6 Å². The number of halogens is 3. The van der Waals surface area contributed by atoms with Gasteiger partial charge in [-0.1, -0.05) is 0 Å². The summed E-state index contributed by atoms with van der Waals surface area (Å²) in [5.74, 6) is -0.216. The number of aromatic nitrogens is 1. The molecule has 8 heteroatoms. The standard InChI is InChI=1S/C16H16F3NO4/c1-15(2,3)24-14(22)20-6-5-9-10(8-21)12(23-4)7-11(13(9)20)16(17,18)19/h5-8H,1-4H3. The minimum atomic E-state index is -4.74. The van der Waals surface area contributed by atoms with Gasteiger partial charge in [-0.05, 0) is 32.9 Å². The van der Waals surface area contributed by atoms with Crippen molar-refractivity contribution in [1.82, 2.24) is 4.57 Å². The molecule has 0 aliphatic carbocycles. The molecular weight excluding hydrogens is 327 g/mol. The molecule has 0 unspecified atom stereocenters. The topological polar surface area (TPSA) is 57.5 Å². The molecule has 0 aliphatic rings. The third-order valence-electron chi connectivity index (χ3n) is 3.21. The average molecular weight is 343 g/mol. The summed E-state index contributed by atoms with van der Waals surface area (Å²) in [6, 6.07) is 1.95. The Labute approximate surface area is 135 Å². The molecular formula is C16H16F3NO4. The van der Waals surface area contributed by atoms with Crippen LogP contribution in [0.1, 0.15) is 36.7 Å². The summed E-state index contributed by atoms with van der Waals surface area (Å²) in [4.78, 5) is 23.5. The number of nitrogens with zero attached hydrogens (tertiary/aromatic N) is 1. The lowest BCUT2D eigenvalue weighted by molar-refractivity contribution is -0.136. The molecule has 0 saturated heterocycles. The maximum absolute atomic E-state index is 13.4. The lowest BCUT2D eigenvalue weighted by Crippen LogP contribution is -2.27. The van der Waals surface area contributed by atoms with Gasteiger partial charge in [-0.15, -0.1) is 0 Å². The second-order valence-electron chi connectivity index (χ2n) is 6.08. The van der Waals surface area contributed by atoms with Crippen molar-refractivity contribution in [3.05, 3.63) is 29.5 Å². The molecule has 0 fully saturated rings. The number of alkyl halides is 3. The van der Waals surface area contributed by atoms with Crippen molar-refractivity contribution >= 4 is 23.3 Å². The molecule has 1 aromatic carbocycles. The summed E-state index contributed by atoms with van der Waals surface area (Å²) >= 11 is 0. The summed E-state index contributed by atoms with van der Waals surface area (Å²) in [5.41, 5.74) is -2.48. The van der Waals surface area contributed by atoms with Gasteiger partial charge in [0.15, 0.2) is 6.29 Å². The van der Waals surface area contributed by atoms with Crippen LogP contribution in [0.5, 0.6) is 5.75 Å². The van der Waals surface area contributed by atoms with Crippen molar-refractivity contribution in [1.29, 1.82) is 0 Å². The molecule has 0 spiro atoms. The van der Waals surface area contributed by atoms with E-state index in [9.17, 15) is 22.8 Å². The molecule has 0 atom stereocenters. The first-order valence-corrected chi connectivity index (χ1v) is 6.97. The summed E-state index contributed by atoms with van der Waals surface area (Å²) in [6.45, 7) is 4.80. The molecule has 0 aliphatic heterocycles. The number of hydrogen-bond donors (Lipinski definition) is 0. The van der Waals surface area contributed by atoms with Crippen LogP contribution in [-0.4, -0.2) is 29.7 Å². The lowest BCUT2D eigenvalue weighted by atomic mass is 10.0. The second kappa shape index (κ2) is 5.85. The second-order valence-corrected chi connectivity index (χ2v) is 6.08. The van der Waals surface area contributed by atoms with Crippen molar-refractivity contribution in [2.75, 3.05) is 7.11 Å². The molecule has 130 valence electrons. The number of ether oxygens (including phenoxy) is 2. The van der Waals surface area contributed by atoms with E-state index in [0.717, 1.165) is 10.8 Å². The van der Waals surface area contributed by atoms with E-state index in [1.54, 1.807) is 20.8 Å². The largest absolute Gasteiger partial charge is 0.496 e. The number of fused-ring (bicyclic) bond motifs is 1. The summed E-state index contributed by atoms with van der Waals surface area (Å²) < 4.78 is 51.0. The Morgan fingerprint density at radius 2 is 1.88 bits per heavy atom. The van der Waals surface area contributed by atoms with Gasteiger partial charge >= 0.3 is 12.3 Å². The van der Waals surface area contributed by atoms with Gasteiger partial charge in [-0.3, -0.25) is 9.36 Å². The molecule has 5 nitrogen and oxygen atoms in total. The quantitative estimate of drug-likeness (QED) is 0.765. The van der Waals surface area contributed by atoms with Gasteiger partial charge < -0.3 is 9.47 Å². The highest BCUT2D eigenvalue weighted by Crippen LogP contribution is 2.40. The Bertz CT molecular complexity index is 800. The fourth-order valence-corrected chi connectivity index (χ4v) is 2.30. The number of aldehydes is 1. The smallest absolute Gasteiger partial charge is 0.419 e. The Kier molecular flexibility index (Phi) is 4.34. The van der Waals surface area contributed by atoms with E-state index in [4.69, 9.17) is 9.47 Å². The van der Waals surface area contributed by atoms with E-state index < -0.39 is 29.0 Å². The Balaban J connectivity index is 2.81. The zero-order valence-corrected chi connectivity index (χ0v) is 13.5. The van der Waals surface area contributed by atoms with Crippen LogP contribution < -0.4 is 4.74 Å². The number of carbonyl (C=O) groups excluding carboxylic acids is 2. The highest BCUT2D eigenvalue weighted by atomic mass is 19.4. The lowest BCUT2D eigenvalue weighted by Gasteiger charge is -2.21. The Morgan fingerprint density at radius 1 is 1.25 bits per heavy atom. The van der Waals surface area contributed by atoms with Crippen LogP contribution in [0, 0.1) is 0 Å². The van der Waals surface area contributed by atoms with Crippen molar-refractivity contribution in [2.45, 2.75) is 32.5 Å². The molecule has 0 radical (unpaired) electrons. The van der Waals surface area contributed by atoms with E-state index in [2.05, 4.69) is 0 Å². The van der Waals surface area contributed by atoms with Gasteiger partial charge in [0.2, 0.25) is 0 Å². The van der Waals surface area contributed by atoms with Crippen molar-refractivity contribution in [3.8, 4) is 5.75 Å². The third kappa shape index (κ3) is 3.22. The molecule has 1 aromatic heterocycles. The first kappa shape index (κ1) is 17.8. The van der Waals surface area contributed by atoms with Crippen LogP contribution in [0.4, 0.5) is 18.0 Å². The first-order chi connectivity index (χ1) is 11.0. The van der Waals surface area contributed by atoms with E-state index in [1.165, 1.54) is 13.2 Å². The molecule has 0 saturated carbocycles. The minimum absolute atomic E-state index is 0.0393. The van der Waals surface area contributed by atoms with Gasteiger partial charge in [0.1, 0.15) is 11.4 Å². The van der Waals surface area contributed by atoms with Crippen molar-refractivity contribution in [2.24, 2.45) is 0 Å². The Hall–Kier alpha value is -2.51. The molecule has 2 aromatic rings. The minimum Gasteiger partial charge on any atom is -0.496 e. The maximum Gasteiger partial charge on any atom is 0.419 e.